The van der Waals surface area contributed by atoms with E-state index in [1.54, 1.807) is 0 Å². The number of likely N-dealkylation sites (tertiary alicyclic amines) is 1. The number of nitrogens with zero attached hydrogens (tertiary/aromatic N) is 1. The predicted octanol–water partition coefficient (Wildman–Crippen LogP) is 3.20. The number of halogens is 3. The van der Waals surface area contributed by atoms with Crippen LogP contribution in [-0.2, 0) is 20.6 Å². The van der Waals surface area contributed by atoms with Crippen molar-refractivity contribution in [3.05, 3.63) is 65.7 Å². The molecule has 2 amide bonds. The molecule has 168 valence electrons. The fourth-order valence-corrected chi connectivity index (χ4v) is 5.16. The average Bonchev–Trinajstić information content (AvgIpc) is 3.27. The molecular weight excluding hydrogens is 445 g/mol. The van der Waals surface area contributed by atoms with Gasteiger partial charge < -0.3 is 5.11 Å². The number of imide groups is 1. The van der Waals surface area contributed by atoms with Gasteiger partial charge in [-0.1, -0.05) is 30.3 Å². The number of nitrogens with one attached hydrogen (secondary N) is 1. The molecule has 2 N–H and O–H groups in total. The first kappa shape index (κ1) is 22.3. The summed E-state index contributed by atoms with van der Waals surface area (Å²) in [5.41, 5.74) is -0.778. The number of alkyl halides is 3. The van der Waals surface area contributed by atoms with Gasteiger partial charge in [0.15, 0.2) is 0 Å². The van der Waals surface area contributed by atoms with Crippen LogP contribution in [0.1, 0.15) is 17.2 Å². The maximum Gasteiger partial charge on any atom is 0.416 e. The highest BCUT2D eigenvalue weighted by Gasteiger charge is 2.60. The highest BCUT2D eigenvalue weighted by molar-refractivity contribution is 7.99. The van der Waals surface area contributed by atoms with E-state index < -0.39 is 53.4 Å². The third kappa shape index (κ3) is 4.12. The lowest BCUT2D eigenvalue weighted by molar-refractivity contribution is -0.145. The van der Waals surface area contributed by atoms with Gasteiger partial charge in [0.05, 0.1) is 17.4 Å². The molecule has 2 aromatic rings. The van der Waals surface area contributed by atoms with E-state index >= 15 is 0 Å². The molecule has 0 aromatic heterocycles. The molecule has 10 heteroatoms. The van der Waals surface area contributed by atoms with E-state index in [1.165, 1.54) is 23.9 Å². The van der Waals surface area contributed by atoms with Crippen LogP contribution in [0.2, 0.25) is 0 Å². The molecule has 4 atom stereocenters. The number of hydrogen-bond acceptors (Lipinski definition) is 5. The molecule has 0 radical (unpaired) electrons. The highest BCUT2D eigenvalue weighted by Crippen LogP contribution is 2.45. The van der Waals surface area contributed by atoms with Crippen molar-refractivity contribution in [1.82, 2.24) is 10.2 Å². The number of carbonyl (C=O) groups excluding carboxylic acids is 2. The van der Waals surface area contributed by atoms with Gasteiger partial charge in [-0.15, -0.1) is 11.8 Å². The fraction of sp³-hybridized carbons (Fsp3) is 0.318. The summed E-state index contributed by atoms with van der Waals surface area (Å²) in [7, 11) is 0. The first-order valence-corrected chi connectivity index (χ1v) is 10.9. The molecule has 32 heavy (non-hydrogen) atoms. The van der Waals surface area contributed by atoms with E-state index in [4.69, 9.17) is 0 Å². The lowest BCUT2D eigenvalue weighted by Gasteiger charge is -2.22. The lowest BCUT2D eigenvalue weighted by Crippen LogP contribution is -2.43. The Hall–Kier alpha value is -2.85. The summed E-state index contributed by atoms with van der Waals surface area (Å²) in [6, 6.07) is 11.4. The number of carboxylic acids is 1. The Morgan fingerprint density at radius 1 is 1.03 bits per heavy atom. The fourth-order valence-electron chi connectivity index (χ4n) is 4.31. The maximum atomic E-state index is 13.2. The SMILES string of the molecule is O=C(O)C1NC(c2cccc(C(F)(F)F)c2)C2C(=O)N(CCSc3ccccc3)C(=O)C12. The Balaban J connectivity index is 1.58. The van der Waals surface area contributed by atoms with Crippen LogP contribution >= 0.6 is 11.8 Å². The second kappa shape index (κ2) is 8.59. The van der Waals surface area contributed by atoms with Gasteiger partial charge in [-0.2, -0.15) is 13.2 Å². The van der Waals surface area contributed by atoms with Crippen molar-refractivity contribution < 1.29 is 32.7 Å². The molecule has 2 aliphatic rings. The Kier molecular flexibility index (Phi) is 6.00. The molecule has 2 heterocycles. The van der Waals surface area contributed by atoms with Gasteiger partial charge in [-0.3, -0.25) is 24.6 Å². The maximum absolute atomic E-state index is 13.2. The Labute approximate surface area is 185 Å². The number of aliphatic carboxylic acids is 1. The molecular formula is C22H19F3N2O4S. The van der Waals surface area contributed by atoms with Crippen molar-refractivity contribution in [3.63, 3.8) is 0 Å². The summed E-state index contributed by atoms with van der Waals surface area (Å²) < 4.78 is 39.5. The van der Waals surface area contributed by atoms with Gasteiger partial charge >= 0.3 is 12.1 Å². The number of carboxylic acid groups (broad SMARTS) is 1. The van der Waals surface area contributed by atoms with Gasteiger partial charge in [-0.05, 0) is 29.8 Å². The predicted molar refractivity (Wildman–Crippen MR) is 110 cm³/mol. The largest absolute Gasteiger partial charge is 0.480 e. The Bertz CT molecular complexity index is 1050. The van der Waals surface area contributed by atoms with Crippen LogP contribution in [-0.4, -0.2) is 46.1 Å². The summed E-state index contributed by atoms with van der Waals surface area (Å²) in [5.74, 6) is -4.32. The summed E-state index contributed by atoms with van der Waals surface area (Å²) in [6.45, 7) is 0.0892. The number of hydrogen-bond donors (Lipinski definition) is 2. The van der Waals surface area contributed by atoms with Gasteiger partial charge in [0.2, 0.25) is 11.8 Å². The molecule has 2 saturated heterocycles. The average molecular weight is 464 g/mol. The van der Waals surface area contributed by atoms with Crippen LogP contribution in [0.25, 0.3) is 0 Å². The third-order valence-electron chi connectivity index (χ3n) is 5.73. The van der Waals surface area contributed by atoms with Gasteiger partial charge in [0, 0.05) is 23.2 Å². The van der Waals surface area contributed by atoms with Crippen molar-refractivity contribution in [2.75, 3.05) is 12.3 Å². The number of thioether (sulfide) groups is 1. The second-order valence-electron chi connectivity index (χ2n) is 7.62. The number of fused-ring (bicyclic) bond motifs is 1. The molecule has 2 aromatic carbocycles. The zero-order valence-electron chi connectivity index (χ0n) is 16.6. The van der Waals surface area contributed by atoms with Crippen molar-refractivity contribution in [2.24, 2.45) is 11.8 Å². The van der Waals surface area contributed by atoms with E-state index in [2.05, 4.69) is 5.32 Å². The van der Waals surface area contributed by atoms with Crippen LogP contribution < -0.4 is 5.32 Å². The zero-order valence-corrected chi connectivity index (χ0v) is 17.4. The molecule has 4 unspecified atom stereocenters. The first-order chi connectivity index (χ1) is 15.2. The van der Waals surface area contributed by atoms with Crippen molar-refractivity contribution >= 4 is 29.5 Å². The van der Waals surface area contributed by atoms with Crippen LogP contribution in [0.15, 0.2) is 59.5 Å². The van der Waals surface area contributed by atoms with Crippen LogP contribution in [0, 0.1) is 11.8 Å². The van der Waals surface area contributed by atoms with Crippen molar-refractivity contribution in [2.45, 2.75) is 23.2 Å². The summed E-state index contributed by atoms with van der Waals surface area (Å²) in [4.78, 5) is 39.9. The van der Waals surface area contributed by atoms with Crippen molar-refractivity contribution in [3.8, 4) is 0 Å². The molecule has 0 spiro atoms. The number of carbonyl (C=O) groups is 3. The van der Waals surface area contributed by atoms with Gasteiger partial charge in [0.1, 0.15) is 6.04 Å². The topological polar surface area (TPSA) is 86.7 Å². The molecule has 0 saturated carbocycles. The van der Waals surface area contributed by atoms with Crippen LogP contribution in [0.4, 0.5) is 13.2 Å². The second-order valence-corrected chi connectivity index (χ2v) is 8.79. The Morgan fingerprint density at radius 3 is 2.38 bits per heavy atom. The van der Waals surface area contributed by atoms with E-state index in [0.717, 1.165) is 21.9 Å². The molecule has 0 aliphatic carbocycles. The minimum Gasteiger partial charge on any atom is -0.480 e. The van der Waals surface area contributed by atoms with Crippen LogP contribution in [0.5, 0.6) is 0 Å². The van der Waals surface area contributed by atoms with E-state index in [0.29, 0.717) is 5.75 Å². The standard InChI is InChI=1S/C22H19F3N2O4S/c23-22(24,25)13-6-4-5-12(11-13)17-15-16(18(26-17)21(30)31)20(29)27(19(15)28)9-10-32-14-7-2-1-3-8-14/h1-8,11,15-18,26H,9-10H2,(H,30,31). The monoisotopic (exact) mass is 464 g/mol. The number of rotatable bonds is 6. The van der Waals surface area contributed by atoms with Gasteiger partial charge in [0.25, 0.3) is 0 Å². The van der Waals surface area contributed by atoms with Crippen LogP contribution in [0.3, 0.4) is 0 Å². The minimum absolute atomic E-state index is 0.0892. The Morgan fingerprint density at radius 2 is 1.72 bits per heavy atom. The minimum atomic E-state index is -4.59. The molecule has 0 bridgehead atoms. The highest BCUT2D eigenvalue weighted by atomic mass is 32.2. The van der Waals surface area contributed by atoms with E-state index in [1.807, 2.05) is 30.3 Å². The normalized spacial score (nSPS) is 25.3. The van der Waals surface area contributed by atoms with Crippen molar-refractivity contribution in [1.29, 1.82) is 0 Å². The lowest BCUT2D eigenvalue weighted by atomic mass is 9.86. The summed E-state index contributed by atoms with van der Waals surface area (Å²) >= 11 is 1.45. The number of benzene rings is 2. The summed E-state index contributed by atoms with van der Waals surface area (Å²) in [5, 5.41) is 12.3. The third-order valence-corrected chi connectivity index (χ3v) is 6.72. The van der Waals surface area contributed by atoms with E-state index in [-0.39, 0.29) is 12.1 Å². The quantitative estimate of drug-likeness (QED) is 0.505. The smallest absolute Gasteiger partial charge is 0.416 e. The molecule has 2 fully saturated rings. The first-order valence-electron chi connectivity index (χ1n) is 9.87. The molecule has 6 nitrogen and oxygen atoms in total. The summed E-state index contributed by atoms with van der Waals surface area (Å²) in [6.07, 6.45) is -4.59. The van der Waals surface area contributed by atoms with Gasteiger partial charge in [-0.25, -0.2) is 0 Å². The number of amides is 2. The molecule has 4 rings (SSSR count). The van der Waals surface area contributed by atoms with E-state index in [9.17, 15) is 32.7 Å². The zero-order chi connectivity index (χ0) is 23.0. The molecule has 2 aliphatic heterocycles.